The van der Waals surface area contributed by atoms with Crippen molar-refractivity contribution < 1.29 is 19.0 Å². The molecule has 2 N–H and O–H groups in total. The standard InChI is InChI=1S/C23H28N2O4/c1-17(18-6-3-2-4-7-18)25-23(10-12-27-13-11-23)16-24-22(26)19-8-5-9-20-21(19)29-15-14-28-20/h2-9,17,25H,10-16H2,1H3,(H,24,26)/t17-/m1/s1. The third-order valence-electron chi connectivity index (χ3n) is 5.67. The van der Waals surface area contributed by atoms with Crippen LogP contribution in [0, 0.1) is 0 Å². The summed E-state index contributed by atoms with van der Waals surface area (Å²) < 4.78 is 16.9. The maximum Gasteiger partial charge on any atom is 0.255 e. The van der Waals surface area contributed by atoms with Crippen molar-refractivity contribution in [2.75, 3.05) is 33.0 Å². The minimum absolute atomic E-state index is 0.146. The lowest BCUT2D eigenvalue weighted by Gasteiger charge is -2.40. The second kappa shape index (κ2) is 8.84. The maximum absolute atomic E-state index is 13.0. The van der Waals surface area contributed by atoms with Gasteiger partial charge in [0, 0.05) is 31.3 Å². The van der Waals surface area contributed by atoms with E-state index in [0.29, 0.717) is 50.0 Å². The zero-order chi connectivity index (χ0) is 20.1. The molecule has 6 nitrogen and oxygen atoms in total. The largest absolute Gasteiger partial charge is 0.486 e. The third-order valence-corrected chi connectivity index (χ3v) is 5.67. The number of benzene rings is 2. The van der Waals surface area contributed by atoms with E-state index in [2.05, 4.69) is 29.7 Å². The van der Waals surface area contributed by atoms with Crippen LogP contribution in [0.1, 0.15) is 41.7 Å². The topological polar surface area (TPSA) is 68.8 Å². The number of hydrogen-bond donors (Lipinski definition) is 2. The number of amides is 1. The molecule has 2 aromatic carbocycles. The molecule has 2 aromatic rings. The summed E-state index contributed by atoms with van der Waals surface area (Å²) in [4.78, 5) is 13.0. The van der Waals surface area contributed by atoms with Crippen molar-refractivity contribution in [3.63, 3.8) is 0 Å². The number of carbonyl (C=O) groups is 1. The molecule has 0 saturated carbocycles. The lowest BCUT2D eigenvalue weighted by atomic mass is 9.88. The van der Waals surface area contributed by atoms with Crippen molar-refractivity contribution in [2.45, 2.75) is 31.3 Å². The number of para-hydroxylation sites is 1. The van der Waals surface area contributed by atoms with E-state index in [9.17, 15) is 4.79 Å². The van der Waals surface area contributed by atoms with Crippen LogP contribution in [0.4, 0.5) is 0 Å². The van der Waals surface area contributed by atoms with Crippen LogP contribution in [0.25, 0.3) is 0 Å². The number of ether oxygens (including phenoxy) is 3. The molecule has 29 heavy (non-hydrogen) atoms. The van der Waals surface area contributed by atoms with Crippen molar-refractivity contribution in [1.82, 2.24) is 10.6 Å². The van der Waals surface area contributed by atoms with Gasteiger partial charge in [0.15, 0.2) is 11.5 Å². The molecule has 2 aliphatic heterocycles. The number of fused-ring (bicyclic) bond motifs is 1. The highest BCUT2D eigenvalue weighted by molar-refractivity contribution is 5.97. The van der Waals surface area contributed by atoms with Crippen LogP contribution in [0.3, 0.4) is 0 Å². The van der Waals surface area contributed by atoms with Gasteiger partial charge in [0.25, 0.3) is 5.91 Å². The predicted octanol–water partition coefficient (Wildman–Crippen LogP) is 3.09. The summed E-state index contributed by atoms with van der Waals surface area (Å²) in [6, 6.07) is 16.0. The van der Waals surface area contributed by atoms with Crippen LogP contribution in [0.2, 0.25) is 0 Å². The fourth-order valence-corrected chi connectivity index (χ4v) is 4.02. The first-order chi connectivity index (χ1) is 14.2. The monoisotopic (exact) mass is 396 g/mol. The normalized spacial score (nSPS) is 18.7. The van der Waals surface area contributed by atoms with Gasteiger partial charge in [-0.2, -0.15) is 0 Å². The fourth-order valence-electron chi connectivity index (χ4n) is 4.02. The van der Waals surface area contributed by atoms with E-state index >= 15 is 0 Å². The Hall–Kier alpha value is -2.57. The Kier molecular flexibility index (Phi) is 6.02. The Labute approximate surface area is 171 Å². The number of carbonyl (C=O) groups excluding carboxylic acids is 1. The van der Waals surface area contributed by atoms with Crippen LogP contribution < -0.4 is 20.1 Å². The van der Waals surface area contributed by atoms with Gasteiger partial charge in [0.2, 0.25) is 0 Å². The molecule has 4 rings (SSSR count). The summed E-state index contributed by atoms with van der Waals surface area (Å²) in [7, 11) is 0. The molecule has 1 fully saturated rings. The Morgan fingerprint density at radius 3 is 2.55 bits per heavy atom. The lowest BCUT2D eigenvalue weighted by Crippen LogP contribution is -2.57. The van der Waals surface area contributed by atoms with E-state index in [1.54, 1.807) is 6.07 Å². The highest BCUT2D eigenvalue weighted by Gasteiger charge is 2.34. The molecule has 1 saturated heterocycles. The van der Waals surface area contributed by atoms with Crippen LogP contribution in [0.5, 0.6) is 11.5 Å². The van der Waals surface area contributed by atoms with Crippen molar-refractivity contribution in [1.29, 1.82) is 0 Å². The van der Waals surface area contributed by atoms with Crippen LogP contribution in [0.15, 0.2) is 48.5 Å². The van der Waals surface area contributed by atoms with Gasteiger partial charge >= 0.3 is 0 Å². The summed E-state index contributed by atoms with van der Waals surface area (Å²) in [5.74, 6) is 1.01. The van der Waals surface area contributed by atoms with Crippen molar-refractivity contribution in [2.24, 2.45) is 0 Å². The highest BCUT2D eigenvalue weighted by Crippen LogP contribution is 2.33. The maximum atomic E-state index is 13.0. The molecule has 0 bridgehead atoms. The second-order valence-electron chi connectivity index (χ2n) is 7.68. The predicted molar refractivity (Wildman–Crippen MR) is 111 cm³/mol. The molecule has 1 amide bonds. The zero-order valence-electron chi connectivity index (χ0n) is 16.8. The van der Waals surface area contributed by atoms with Crippen molar-refractivity contribution >= 4 is 5.91 Å². The quantitative estimate of drug-likeness (QED) is 0.785. The molecule has 1 atom stereocenters. The first-order valence-electron chi connectivity index (χ1n) is 10.2. The Morgan fingerprint density at radius 1 is 1.00 bits per heavy atom. The van der Waals surface area contributed by atoms with Crippen LogP contribution in [-0.2, 0) is 4.74 Å². The summed E-state index contributed by atoms with van der Waals surface area (Å²) in [5, 5.41) is 6.89. The van der Waals surface area contributed by atoms with Gasteiger partial charge in [-0.15, -0.1) is 0 Å². The smallest absolute Gasteiger partial charge is 0.255 e. The summed E-state index contributed by atoms with van der Waals surface area (Å²) in [6.45, 7) is 5.01. The molecule has 0 radical (unpaired) electrons. The molecule has 2 heterocycles. The Morgan fingerprint density at radius 2 is 1.76 bits per heavy atom. The summed E-state index contributed by atoms with van der Waals surface area (Å²) in [6.07, 6.45) is 1.69. The van der Waals surface area contributed by atoms with E-state index in [0.717, 1.165) is 12.8 Å². The van der Waals surface area contributed by atoms with E-state index in [4.69, 9.17) is 14.2 Å². The van der Waals surface area contributed by atoms with Gasteiger partial charge in [0.1, 0.15) is 13.2 Å². The first-order valence-corrected chi connectivity index (χ1v) is 10.2. The lowest BCUT2D eigenvalue weighted by molar-refractivity contribution is 0.0332. The van der Waals surface area contributed by atoms with Crippen LogP contribution in [-0.4, -0.2) is 44.4 Å². The van der Waals surface area contributed by atoms with Gasteiger partial charge in [-0.05, 0) is 37.5 Å². The number of hydrogen-bond acceptors (Lipinski definition) is 5. The average molecular weight is 396 g/mol. The first kappa shape index (κ1) is 19.7. The fraction of sp³-hybridized carbons (Fsp3) is 0.435. The molecular weight excluding hydrogens is 368 g/mol. The minimum Gasteiger partial charge on any atom is -0.486 e. The molecule has 154 valence electrons. The molecule has 0 unspecified atom stereocenters. The highest BCUT2D eigenvalue weighted by atomic mass is 16.6. The van der Waals surface area contributed by atoms with E-state index in [1.165, 1.54) is 5.56 Å². The van der Waals surface area contributed by atoms with Gasteiger partial charge in [-0.3, -0.25) is 4.79 Å². The number of rotatable bonds is 6. The molecule has 2 aliphatic rings. The van der Waals surface area contributed by atoms with E-state index in [-0.39, 0.29) is 17.5 Å². The summed E-state index contributed by atoms with van der Waals surface area (Å²) in [5.41, 5.74) is 1.53. The second-order valence-corrected chi connectivity index (χ2v) is 7.68. The zero-order valence-corrected chi connectivity index (χ0v) is 16.8. The van der Waals surface area contributed by atoms with Crippen molar-refractivity contribution in [3.8, 4) is 11.5 Å². The van der Waals surface area contributed by atoms with E-state index < -0.39 is 0 Å². The van der Waals surface area contributed by atoms with E-state index in [1.807, 2.05) is 30.3 Å². The molecule has 0 aliphatic carbocycles. The van der Waals surface area contributed by atoms with Gasteiger partial charge < -0.3 is 24.8 Å². The van der Waals surface area contributed by atoms with Gasteiger partial charge in [-0.25, -0.2) is 0 Å². The molecule has 0 aromatic heterocycles. The summed E-state index contributed by atoms with van der Waals surface area (Å²) >= 11 is 0. The molecule has 6 heteroatoms. The molecular formula is C23H28N2O4. The third kappa shape index (κ3) is 4.54. The Bertz CT molecular complexity index is 834. The SMILES string of the molecule is C[C@@H](NC1(CNC(=O)c2cccc3c2OCCO3)CCOCC1)c1ccccc1. The van der Waals surface area contributed by atoms with Gasteiger partial charge in [0.05, 0.1) is 5.56 Å². The van der Waals surface area contributed by atoms with Crippen LogP contribution >= 0.6 is 0 Å². The average Bonchev–Trinajstić information content (AvgIpc) is 2.78. The Balaban J connectivity index is 1.47. The molecule has 0 spiro atoms. The van der Waals surface area contributed by atoms with Crippen molar-refractivity contribution in [3.05, 3.63) is 59.7 Å². The van der Waals surface area contributed by atoms with Gasteiger partial charge in [-0.1, -0.05) is 36.4 Å². The number of nitrogens with one attached hydrogen (secondary N) is 2. The minimum atomic E-state index is -0.213.